The van der Waals surface area contributed by atoms with Crippen LogP contribution in [0.1, 0.15) is 18.4 Å². The quantitative estimate of drug-likeness (QED) is 0.852. The van der Waals surface area contributed by atoms with E-state index in [1.54, 1.807) is 11.8 Å². The number of carbonyl (C=O) groups excluding carboxylic acids is 2. The van der Waals surface area contributed by atoms with Crippen molar-refractivity contribution in [1.29, 1.82) is 0 Å². The topological polar surface area (TPSA) is 40.6 Å². The van der Waals surface area contributed by atoms with Crippen LogP contribution in [0.4, 0.5) is 0 Å². The van der Waals surface area contributed by atoms with E-state index < -0.39 is 0 Å². The third-order valence-corrected chi connectivity index (χ3v) is 5.15. The number of amides is 2. The van der Waals surface area contributed by atoms with Gasteiger partial charge in [0.1, 0.15) is 0 Å². The smallest absolute Gasteiger partial charge is 0.232 e. The second-order valence-corrected chi connectivity index (χ2v) is 6.98. The van der Waals surface area contributed by atoms with Crippen molar-refractivity contribution in [2.75, 3.05) is 25.1 Å². The third-order valence-electron chi connectivity index (χ3n) is 4.61. The number of piperidine rings is 1. The maximum Gasteiger partial charge on any atom is 0.232 e. The Bertz CT molecular complexity index is 549. The predicted molar refractivity (Wildman–Crippen MR) is 88.5 cm³/mol. The Hall–Kier alpha value is -1.49. The van der Waals surface area contributed by atoms with Gasteiger partial charge in [0, 0.05) is 25.7 Å². The Morgan fingerprint density at radius 3 is 2.73 bits per heavy atom. The highest BCUT2D eigenvalue weighted by Crippen LogP contribution is 2.30. The second-order valence-electron chi connectivity index (χ2n) is 6.11. The lowest BCUT2D eigenvalue weighted by Gasteiger charge is -2.36. The fourth-order valence-electron chi connectivity index (χ4n) is 3.45. The van der Waals surface area contributed by atoms with Crippen LogP contribution in [-0.2, 0) is 16.1 Å². The molecule has 4 nitrogen and oxygen atoms in total. The number of benzene rings is 1. The van der Waals surface area contributed by atoms with E-state index >= 15 is 0 Å². The first-order chi connectivity index (χ1) is 10.7. The molecular formula is C17H22N2O2S. The molecule has 0 spiro atoms. The number of rotatable bonds is 4. The molecule has 5 heteroatoms. The van der Waals surface area contributed by atoms with E-state index in [0.717, 1.165) is 18.4 Å². The summed E-state index contributed by atoms with van der Waals surface area (Å²) in [5.41, 5.74) is 1.16. The molecule has 3 fully saturated rings. The van der Waals surface area contributed by atoms with Crippen molar-refractivity contribution in [1.82, 2.24) is 9.80 Å². The highest BCUT2D eigenvalue weighted by Gasteiger charge is 2.41. The van der Waals surface area contributed by atoms with Gasteiger partial charge in [0.15, 0.2) is 0 Å². The summed E-state index contributed by atoms with van der Waals surface area (Å²) >= 11 is 1.55. The summed E-state index contributed by atoms with van der Waals surface area (Å²) in [6.07, 6.45) is 3.86. The molecule has 3 heterocycles. The first-order valence-corrected chi connectivity index (χ1v) is 9.19. The van der Waals surface area contributed by atoms with Crippen molar-refractivity contribution in [3.05, 3.63) is 35.9 Å². The van der Waals surface area contributed by atoms with Gasteiger partial charge in [-0.2, -0.15) is 11.8 Å². The second kappa shape index (κ2) is 6.73. The Kier molecular flexibility index (Phi) is 4.71. The SMILES string of the molecule is CSCC(=O)N1C[C@@H]2CC[C@H](C1)N(Cc1ccccc1)C2=O. The number of thioether (sulfide) groups is 1. The molecule has 2 bridgehead atoms. The lowest BCUT2D eigenvalue weighted by Crippen LogP contribution is -2.47. The fraction of sp³-hybridized carbons (Fsp3) is 0.529. The molecular weight excluding hydrogens is 296 g/mol. The summed E-state index contributed by atoms with van der Waals surface area (Å²) in [6.45, 7) is 1.94. The summed E-state index contributed by atoms with van der Waals surface area (Å²) in [4.78, 5) is 28.8. The van der Waals surface area contributed by atoms with Gasteiger partial charge in [-0.05, 0) is 24.7 Å². The molecule has 1 aromatic rings. The van der Waals surface area contributed by atoms with Crippen molar-refractivity contribution in [2.24, 2.45) is 5.92 Å². The van der Waals surface area contributed by atoms with Crippen molar-refractivity contribution in [3.8, 4) is 0 Å². The summed E-state index contributed by atoms with van der Waals surface area (Å²) in [7, 11) is 0. The molecule has 2 atom stereocenters. The van der Waals surface area contributed by atoms with E-state index in [4.69, 9.17) is 0 Å². The van der Waals surface area contributed by atoms with Gasteiger partial charge in [-0.1, -0.05) is 30.3 Å². The van der Waals surface area contributed by atoms with Gasteiger partial charge in [0.05, 0.1) is 11.7 Å². The zero-order valence-electron chi connectivity index (χ0n) is 12.9. The van der Waals surface area contributed by atoms with Gasteiger partial charge in [0.2, 0.25) is 11.8 Å². The minimum absolute atomic E-state index is 0.0201. The van der Waals surface area contributed by atoms with Crippen LogP contribution in [0.2, 0.25) is 0 Å². The van der Waals surface area contributed by atoms with Gasteiger partial charge in [0.25, 0.3) is 0 Å². The van der Waals surface area contributed by atoms with E-state index in [2.05, 4.69) is 12.1 Å². The van der Waals surface area contributed by atoms with Crippen LogP contribution in [0.3, 0.4) is 0 Å². The predicted octanol–water partition coefficient (Wildman–Crippen LogP) is 2.00. The number of carbonyl (C=O) groups is 2. The first-order valence-electron chi connectivity index (χ1n) is 7.80. The molecule has 0 aromatic heterocycles. The van der Waals surface area contributed by atoms with Gasteiger partial charge >= 0.3 is 0 Å². The molecule has 3 aliphatic heterocycles. The zero-order valence-corrected chi connectivity index (χ0v) is 13.7. The zero-order chi connectivity index (χ0) is 15.5. The van der Waals surface area contributed by atoms with Crippen molar-refractivity contribution >= 4 is 23.6 Å². The van der Waals surface area contributed by atoms with Crippen LogP contribution >= 0.6 is 11.8 Å². The summed E-state index contributed by atoms with van der Waals surface area (Å²) in [5.74, 6) is 0.873. The van der Waals surface area contributed by atoms with Crippen LogP contribution in [0.5, 0.6) is 0 Å². The Balaban J connectivity index is 1.76. The maximum atomic E-state index is 12.7. The third kappa shape index (κ3) is 3.14. The van der Waals surface area contributed by atoms with Crippen LogP contribution in [0.15, 0.2) is 30.3 Å². The molecule has 1 aromatic carbocycles. The summed E-state index contributed by atoms with van der Waals surface area (Å²) in [6, 6.07) is 10.3. The Morgan fingerprint density at radius 2 is 2.00 bits per heavy atom. The molecule has 3 saturated heterocycles. The highest BCUT2D eigenvalue weighted by atomic mass is 32.2. The standard InChI is InChI=1S/C17H22N2O2S/c1-22-12-16(20)18-10-14-7-8-15(11-18)19(17(14)21)9-13-5-3-2-4-6-13/h2-6,14-15H,7-12H2,1H3/t14-,15+/m0/s1. The van der Waals surface area contributed by atoms with Gasteiger partial charge in [-0.25, -0.2) is 0 Å². The molecule has 4 rings (SSSR count). The monoisotopic (exact) mass is 318 g/mol. The summed E-state index contributed by atoms with van der Waals surface area (Å²) < 4.78 is 0. The number of fused-ring (bicyclic) bond motifs is 4. The molecule has 0 N–H and O–H groups in total. The van der Waals surface area contributed by atoms with E-state index in [1.165, 1.54) is 0 Å². The number of hydrogen-bond donors (Lipinski definition) is 0. The molecule has 0 aliphatic carbocycles. The Morgan fingerprint density at radius 1 is 1.23 bits per heavy atom. The minimum Gasteiger partial charge on any atom is -0.339 e. The number of nitrogens with zero attached hydrogens (tertiary/aromatic N) is 2. The minimum atomic E-state index is -0.0201. The van der Waals surface area contributed by atoms with Crippen LogP contribution < -0.4 is 0 Å². The van der Waals surface area contributed by atoms with E-state index in [-0.39, 0.29) is 23.8 Å². The summed E-state index contributed by atoms with van der Waals surface area (Å²) in [5, 5.41) is 0. The lowest BCUT2D eigenvalue weighted by molar-refractivity contribution is -0.140. The van der Waals surface area contributed by atoms with Crippen LogP contribution in [0, 0.1) is 5.92 Å². The lowest BCUT2D eigenvalue weighted by atomic mass is 9.93. The van der Waals surface area contributed by atoms with Crippen LogP contribution in [0.25, 0.3) is 0 Å². The van der Waals surface area contributed by atoms with Gasteiger partial charge in [-0.3, -0.25) is 9.59 Å². The van der Waals surface area contributed by atoms with E-state index in [1.807, 2.05) is 34.3 Å². The highest BCUT2D eigenvalue weighted by molar-refractivity contribution is 7.99. The number of hydrogen-bond acceptors (Lipinski definition) is 3. The molecule has 118 valence electrons. The molecule has 0 radical (unpaired) electrons. The Labute approximate surface area is 135 Å². The van der Waals surface area contributed by atoms with E-state index in [0.29, 0.717) is 25.4 Å². The van der Waals surface area contributed by atoms with Crippen molar-refractivity contribution in [2.45, 2.75) is 25.4 Å². The fourth-order valence-corrected chi connectivity index (χ4v) is 3.88. The van der Waals surface area contributed by atoms with Crippen LogP contribution in [-0.4, -0.2) is 52.8 Å². The normalized spacial score (nSPS) is 24.5. The van der Waals surface area contributed by atoms with Crippen molar-refractivity contribution in [3.63, 3.8) is 0 Å². The largest absolute Gasteiger partial charge is 0.339 e. The first kappa shape index (κ1) is 15.4. The maximum absolute atomic E-state index is 12.7. The van der Waals surface area contributed by atoms with Gasteiger partial charge in [-0.15, -0.1) is 0 Å². The molecule has 0 unspecified atom stereocenters. The molecule has 0 saturated carbocycles. The molecule has 2 amide bonds. The van der Waals surface area contributed by atoms with Gasteiger partial charge < -0.3 is 9.80 Å². The van der Waals surface area contributed by atoms with E-state index in [9.17, 15) is 9.59 Å². The van der Waals surface area contributed by atoms with Crippen molar-refractivity contribution < 1.29 is 9.59 Å². The average molecular weight is 318 g/mol. The average Bonchev–Trinajstić information content (AvgIpc) is 2.82. The molecule has 22 heavy (non-hydrogen) atoms. The molecule has 3 aliphatic rings.